The molecule has 0 radical (unpaired) electrons. The van der Waals surface area contributed by atoms with Crippen LogP contribution in [0, 0.1) is 30.5 Å². The van der Waals surface area contributed by atoms with Gasteiger partial charge in [-0.25, -0.2) is 4.39 Å². The predicted octanol–water partition coefficient (Wildman–Crippen LogP) is 4.64. The van der Waals surface area contributed by atoms with E-state index < -0.39 is 5.60 Å². The maximum Gasteiger partial charge on any atom is 0.226 e. The minimum absolute atomic E-state index is 0.0190. The molecule has 1 saturated heterocycles. The number of aliphatic hydroxyl groups is 1. The van der Waals surface area contributed by atoms with Crippen LogP contribution in [0.25, 0.3) is 11.1 Å². The van der Waals surface area contributed by atoms with Crippen molar-refractivity contribution in [2.45, 2.75) is 51.0 Å². The first-order valence-corrected chi connectivity index (χ1v) is 12.9. The van der Waals surface area contributed by atoms with Crippen molar-refractivity contribution in [2.75, 3.05) is 33.4 Å². The van der Waals surface area contributed by atoms with Crippen molar-refractivity contribution in [2.24, 2.45) is 23.5 Å². The standard InChI is InChI=1S/C29H39FN2O3/c1-20-8-5-9-21(16-20)27-25(11-6-12-26(27)30)29(34,13-3-4-15-35-2)23-10-7-14-32(19-23)28(33)24-17-22(24)18-31/h5-6,8-9,11-12,16,22-24,34H,3-4,7,10,13-15,17-19,31H2,1-2H3. The average Bonchev–Trinajstić information content (AvgIpc) is 3.66. The first-order valence-electron chi connectivity index (χ1n) is 12.9. The second-order valence-electron chi connectivity index (χ2n) is 10.4. The molecular weight excluding hydrogens is 443 g/mol. The Morgan fingerprint density at radius 3 is 2.77 bits per heavy atom. The van der Waals surface area contributed by atoms with Gasteiger partial charge in [0.15, 0.2) is 0 Å². The first-order chi connectivity index (χ1) is 16.9. The molecule has 0 spiro atoms. The number of benzene rings is 2. The number of nitrogens with zero attached hydrogens (tertiary/aromatic N) is 1. The molecule has 35 heavy (non-hydrogen) atoms. The van der Waals surface area contributed by atoms with Crippen molar-refractivity contribution in [1.29, 1.82) is 0 Å². The van der Waals surface area contributed by atoms with Crippen molar-refractivity contribution in [1.82, 2.24) is 4.90 Å². The summed E-state index contributed by atoms with van der Waals surface area (Å²) in [5.74, 6) is -0.0540. The van der Waals surface area contributed by atoms with E-state index in [1.165, 1.54) is 6.07 Å². The van der Waals surface area contributed by atoms with Gasteiger partial charge in [-0.3, -0.25) is 4.79 Å². The zero-order valence-electron chi connectivity index (χ0n) is 21.0. The molecular formula is C29H39FN2O3. The third-order valence-corrected chi connectivity index (χ3v) is 7.89. The molecule has 0 bridgehead atoms. The van der Waals surface area contributed by atoms with E-state index in [1.54, 1.807) is 13.2 Å². The number of likely N-dealkylation sites (tertiary alicyclic amines) is 1. The summed E-state index contributed by atoms with van der Waals surface area (Å²) in [5.41, 5.74) is 7.40. The molecule has 190 valence electrons. The highest BCUT2D eigenvalue weighted by Crippen LogP contribution is 2.46. The van der Waals surface area contributed by atoms with Crippen LogP contribution in [0.2, 0.25) is 0 Å². The minimum atomic E-state index is -1.26. The van der Waals surface area contributed by atoms with E-state index in [-0.39, 0.29) is 29.5 Å². The number of halogens is 1. The number of methoxy groups -OCH3 is 1. The van der Waals surface area contributed by atoms with Gasteiger partial charge < -0.3 is 20.5 Å². The Morgan fingerprint density at radius 2 is 2.06 bits per heavy atom. The summed E-state index contributed by atoms with van der Waals surface area (Å²) in [6.45, 7) is 4.33. The number of hydrogen-bond acceptors (Lipinski definition) is 4. The second-order valence-corrected chi connectivity index (χ2v) is 10.4. The number of rotatable bonds is 10. The maximum atomic E-state index is 15.4. The third kappa shape index (κ3) is 5.60. The van der Waals surface area contributed by atoms with Gasteiger partial charge in [0, 0.05) is 44.2 Å². The van der Waals surface area contributed by atoms with Gasteiger partial charge in [-0.1, -0.05) is 42.0 Å². The highest BCUT2D eigenvalue weighted by atomic mass is 19.1. The zero-order chi connectivity index (χ0) is 25.0. The molecule has 2 fully saturated rings. The van der Waals surface area contributed by atoms with Crippen LogP contribution in [-0.4, -0.2) is 49.3 Å². The van der Waals surface area contributed by atoms with Crippen LogP contribution in [0.5, 0.6) is 0 Å². The molecule has 1 saturated carbocycles. The molecule has 2 aromatic rings. The number of aryl methyl sites for hydroxylation is 1. The van der Waals surface area contributed by atoms with Crippen molar-refractivity contribution in [3.63, 3.8) is 0 Å². The fourth-order valence-electron chi connectivity index (χ4n) is 5.79. The predicted molar refractivity (Wildman–Crippen MR) is 136 cm³/mol. The molecule has 4 atom stereocenters. The Labute approximate surface area is 208 Å². The highest BCUT2D eigenvalue weighted by Gasteiger charge is 2.47. The molecule has 6 heteroatoms. The number of unbranched alkanes of at least 4 members (excludes halogenated alkanes) is 1. The molecule has 3 N–H and O–H groups in total. The summed E-state index contributed by atoms with van der Waals surface area (Å²) in [5, 5.41) is 12.4. The third-order valence-electron chi connectivity index (χ3n) is 7.89. The molecule has 4 rings (SSSR count). The van der Waals surface area contributed by atoms with Crippen LogP contribution in [0.4, 0.5) is 4.39 Å². The van der Waals surface area contributed by atoms with Gasteiger partial charge in [0.2, 0.25) is 5.91 Å². The highest BCUT2D eigenvalue weighted by molar-refractivity contribution is 5.82. The zero-order valence-corrected chi connectivity index (χ0v) is 21.0. The lowest BCUT2D eigenvalue weighted by atomic mass is 9.72. The van der Waals surface area contributed by atoms with E-state index >= 15 is 4.39 Å². The summed E-state index contributed by atoms with van der Waals surface area (Å²) < 4.78 is 20.6. The minimum Gasteiger partial charge on any atom is -0.385 e. The molecule has 1 amide bonds. The van der Waals surface area contributed by atoms with E-state index in [2.05, 4.69) is 0 Å². The fourth-order valence-corrected chi connectivity index (χ4v) is 5.79. The second kappa shape index (κ2) is 11.2. The van der Waals surface area contributed by atoms with E-state index in [1.807, 2.05) is 42.2 Å². The summed E-state index contributed by atoms with van der Waals surface area (Å²) in [4.78, 5) is 15.0. The van der Waals surface area contributed by atoms with Crippen LogP contribution >= 0.6 is 0 Å². The van der Waals surface area contributed by atoms with Crippen molar-refractivity contribution >= 4 is 5.91 Å². The molecule has 1 aliphatic heterocycles. The number of amides is 1. The number of hydrogen-bond donors (Lipinski definition) is 2. The van der Waals surface area contributed by atoms with Crippen LogP contribution in [0.1, 0.15) is 49.7 Å². The van der Waals surface area contributed by atoms with Gasteiger partial charge in [0.05, 0.1) is 5.60 Å². The Morgan fingerprint density at radius 1 is 1.26 bits per heavy atom. The normalized spacial score (nSPS) is 23.7. The Bertz CT molecular complexity index is 1030. The van der Waals surface area contributed by atoms with Crippen LogP contribution < -0.4 is 5.73 Å². The lowest BCUT2D eigenvalue weighted by Crippen LogP contribution is -2.49. The molecule has 5 nitrogen and oxygen atoms in total. The van der Waals surface area contributed by atoms with Crippen molar-refractivity contribution in [3.05, 3.63) is 59.4 Å². The lowest BCUT2D eigenvalue weighted by molar-refractivity contribution is -0.138. The van der Waals surface area contributed by atoms with Gasteiger partial charge in [0.25, 0.3) is 0 Å². The molecule has 0 aromatic heterocycles. The van der Waals surface area contributed by atoms with Gasteiger partial charge in [-0.2, -0.15) is 0 Å². The lowest BCUT2D eigenvalue weighted by Gasteiger charge is -2.44. The topological polar surface area (TPSA) is 75.8 Å². The average molecular weight is 483 g/mol. The number of piperidine rings is 1. The van der Waals surface area contributed by atoms with Gasteiger partial charge in [0.1, 0.15) is 5.82 Å². The van der Waals surface area contributed by atoms with E-state index in [9.17, 15) is 9.90 Å². The molecule has 2 aromatic carbocycles. The van der Waals surface area contributed by atoms with Gasteiger partial charge >= 0.3 is 0 Å². The molecule has 4 unspecified atom stereocenters. The Kier molecular flexibility index (Phi) is 8.25. The smallest absolute Gasteiger partial charge is 0.226 e. The molecule has 2 aliphatic rings. The van der Waals surface area contributed by atoms with E-state index in [0.717, 1.165) is 43.2 Å². The van der Waals surface area contributed by atoms with Crippen LogP contribution in [-0.2, 0) is 15.1 Å². The Balaban J connectivity index is 1.69. The van der Waals surface area contributed by atoms with Crippen LogP contribution in [0.15, 0.2) is 42.5 Å². The molecule has 1 heterocycles. The fraction of sp³-hybridized carbons (Fsp3) is 0.552. The summed E-state index contributed by atoms with van der Waals surface area (Å²) >= 11 is 0. The number of carbonyl (C=O) groups is 1. The maximum absolute atomic E-state index is 15.4. The van der Waals surface area contributed by atoms with Crippen molar-refractivity contribution in [3.8, 4) is 11.1 Å². The monoisotopic (exact) mass is 482 g/mol. The quantitative estimate of drug-likeness (QED) is 0.484. The summed E-state index contributed by atoms with van der Waals surface area (Å²) in [7, 11) is 1.67. The van der Waals surface area contributed by atoms with Crippen molar-refractivity contribution < 1.29 is 19.0 Å². The first kappa shape index (κ1) is 25.8. The number of carbonyl (C=O) groups excluding carboxylic acids is 1. The SMILES string of the molecule is COCCCCC(O)(c1cccc(F)c1-c1cccc(C)c1)C1CCCN(C(=O)C2CC2CN)C1. The number of ether oxygens (including phenoxy) is 1. The van der Waals surface area contributed by atoms with E-state index in [0.29, 0.717) is 43.8 Å². The summed E-state index contributed by atoms with van der Waals surface area (Å²) in [6, 6.07) is 12.8. The van der Waals surface area contributed by atoms with Gasteiger partial charge in [-0.15, -0.1) is 0 Å². The number of nitrogens with two attached hydrogens (primary N) is 1. The Hall–Kier alpha value is -2.28. The van der Waals surface area contributed by atoms with E-state index in [4.69, 9.17) is 10.5 Å². The molecule has 1 aliphatic carbocycles. The van der Waals surface area contributed by atoms with Gasteiger partial charge in [-0.05, 0) is 75.1 Å². The summed E-state index contributed by atoms with van der Waals surface area (Å²) in [6.07, 6.45) is 4.52. The van der Waals surface area contributed by atoms with Crippen LogP contribution in [0.3, 0.4) is 0 Å². The largest absolute Gasteiger partial charge is 0.385 e.